The number of benzene rings is 1. The van der Waals surface area contributed by atoms with Gasteiger partial charge >= 0.3 is 6.18 Å². The molecule has 0 bridgehead atoms. The molecule has 0 saturated carbocycles. The quantitative estimate of drug-likeness (QED) is 0.291. The van der Waals surface area contributed by atoms with Crippen molar-refractivity contribution in [1.29, 1.82) is 0 Å². The van der Waals surface area contributed by atoms with Crippen molar-refractivity contribution in [2.75, 3.05) is 10.6 Å². The number of aryl methyl sites for hydroxylation is 1. The van der Waals surface area contributed by atoms with Crippen LogP contribution in [0.2, 0.25) is 0 Å². The first kappa shape index (κ1) is 21.3. The fraction of sp³-hybridized carbons (Fsp3) is 0.182. The van der Waals surface area contributed by atoms with Gasteiger partial charge in [-0.3, -0.25) is 14.4 Å². The number of anilines is 4. The minimum Gasteiger partial charge on any atom is -0.359 e. The molecule has 32 heavy (non-hydrogen) atoms. The number of Topliss-reactive ketones (excluding diaryl/α,β-unsaturated/α-hetero) is 1. The summed E-state index contributed by atoms with van der Waals surface area (Å²) in [6.45, 7) is 1.45. The molecular formula is C22H17F3N4O3. The number of carbonyl (C=O) groups excluding carboxylic acids is 1. The Bertz CT molecular complexity index is 1380. The number of rotatable bonds is 7. The van der Waals surface area contributed by atoms with Crippen molar-refractivity contribution < 1.29 is 18.0 Å². The number of nitrogens with zero attached hydrogens (tertiary/aromatic N) is 1. The van der Waals surface area contributed by atoms with E-state index in [0.717, 1.165) is 5.52 Å². The van der Waals surface area contributed by atoms with Crippen LogP contribution in [0.5, 0.6) is 0 Å². The van der Waals surface area contributed by atoms with Gasteiger partial charge < -0.3 is 15.6 Å². The van der Waals surface area contributed by atoms with Gasteiger partial charge in [-0.25, -0.2) is 4.98 Å². The summed E-state index contributed by atoms with van der Waals surface area (Å²) in [6, 6.07) is 8.01. The monoisotopic (exact) mass is 442 g/mol. The average molecular weight is 442 g/mol. The van der Waals surface area contributed by atoms with E-state index >= 15 is 0 Å². The molecule has 0 atom stereocenters. The lowest BCUT2D eigenvalue weighted by Crippen LogP contribution is -2.35. The van der Waals surface area contributed by atoms with Gasteiger partial charge in [0.05, 0.1) is 5.69 Å². The van der Waals surface area contributed by atoms with Crippen molar-refractivity contribution >= 4 is 39.6 Å². The molecule has 0 radical (unpaired) electrons. The Morgan fingerprint density at radius 2 is 1.78 bits per heavy atom. The lowest BCUT2D eigenvalue weighted by atomic mass is 10.1. The molecule has 4 aromatic rings. The highest BCUT2D eigenvalue weighted by atomic mass is 19.4. The molecule has 7 nitrogen and oxygen atoms in total. The Labute approximate surface area is 179 Å². The van der Waals surface area contributed by atoms with Crippen LogP contribution in [0, 0.1) is 0 Å². The van der Waals surface area contributed by atoms with Crippen LogP contribution >= 0.6 is 0 Å². The number of halogens is 3. The van der Waals surface area contributed by atoms with Gasteiger partial charge in [0, 0.05) is 35.3 Å². The van der Waals surface area contributed by atoms with Gasteiger partial charge in [-0.05, 0) is 43.2 Å². The highest BCUT2D eigenvalue weighted by Gasteiger charge is 2.26. The highest BCUT2D eigenvalue weighted by molar-refractivity contribution is 6.02. The summed E-state index contributed by atoms with van der Waals surface area (Å²) in [4.78, 5) is 42.9. The van der Waals surface area contributed by atoms with Crippen molar-refractivity contribution in [2.24, 2.45) is 0 Å². The predicted octanol–water partition coefficient (Wildman–Crippen LogP) is 4.34. The van der Waals surface area contributed by atoms with Crippen molar-refractivity contribution in [2.45, 2.75) is 25.9 Å². The summed E-state index contributed by atoms with van der Waals surface area (Å²) in [5.74, 6) is 0.106. The molecular weight excluding hydrogens is 425 g/mol. The van der Waals surface area contributed by atoms with E-state index in [1.165, 1.54) is 25.3 Å². The predicted molar refractivity (Wildman–Crippen MR) is 115 cm³/mol. The topological polar surface area (TPSA) is 104 Å². The van der Waals surface area contributed by atoms with Crippen LogP contribution in [0.4, 0.5) is 36.1 Å². The lowest BCUT2D eigenvalue weighted by molar-refractivity contribution is -0.134. The van der Waals surface area contributed by atoms with E-state index in [0.29, 0.717) is 22.2 Å². The van der Waals surface area contributed by atoms with Gasteiger partial charge in [-0.2, -0.15) is 13.2 Å². The molecule has 2 aromatic carbocycles. The molecule has 164 valence electrons. The summed E-state index contributed by atoms with van der Waals surface area (Å²) in [5.41, 5.74) is 0.728. The van der Waals surface area contributed by atoms with Gasteiger partial charge in [-0.1, -0.05) is 6.07 Å². The largest absolute Gasteiger partial charge is 0.389 e. The lowest BCUT2D eigenvalue weighted by Gasteiger charge is -2.14. The maximum Gasteiger partial charge on any atom is 0.389 e. The normalized spacial score (nSPS) is 11.8. The third-order valence-corrected chi connectivity index (χ3v) is 5.03. The first-order valence-corrected chi connectivity index (χ1v) is 9.63. The summed E-state index contributed by atoms with van der Waals surface area (Å²) in [6.07, 6.45) is -2.51. The number of aromatic amines is 1. The van der Waals surface area contributed by atoms with E-state index in [1.54, 1.807) is 24.4 Å². The number of carbonyl (C=O) groups is 1. The minimum atomic E-state index is -4.26. The molecule has 0 aliphatic carbocycles. The second kappa shape index (κ2) is 7.95. The van der Waals surface area contributed by atoms with Crippen LogP contribution in [-0.4, -0.2) is 21.9 Å². The van der Waals surface area contributed by atoms with Crippen LogP contribution in [0.15, 0.2) is 52.3 Å². The number of hydrogen-bond acceptors (Lipinski definition) is 6. The minimum absolute atomic E-state index is 0.00242. The van der Waals surface area contributed by atoms with Gasteiger partial charge in [0.15, 0.2) is 5.78 Å². The Morgan fingerprint density at radius 1 is 1.06 bits per heavy atom. The van der Waals surface area contributed by atoms with Crippen molar-refractivity contribution in [3.8, 4) is 0 Å². The van der Waals surface area contributed by atoms with Gasteiger partial charge in [0.1, 0.15) is 17.2 Å². The van der Waals surface area contributed by atoms with Gasteiger partial charge in [0.2, 0.25) is 0 Å². The maximum atomic E-state index is 12.3. The summed E-state index contributed by atoms with van der Waals surface area (Å²) in [7, 11) is 0. The van der Waals surface area contributed by atoms with Crippen LogP contribution in [-0.2, 0) is 6.42 Å². The molecule has 0 saturated heterocycles. The van der Waals surface area contributed by atoms with E-state index in [9.17, 15) is 27.6 Å². The summed E-state index contributed by atoms with van der Waals surface area (Å²) >= 11 is 0. The Kier molecular flexibility index (Phi) is 5.29. The first-order valence-electron chi connectivity index (χ1n) is 9.63. The SMILES string of the molecule is CC(=O)c1ccc2[nH]cc(Nc3c(Nc4ccc(CCC(F)(F)F)cn4)c(=O)c3=O)c2c1. The van der Waals surface area contributed by atoms with E-state index in [4.69, 9.17) is 0 Å². The van der Waals surface area contributed by atoms with Gasteiger partial charge in [0.25, 0.3) is 10.9 Å². The summed E-state index contributed by atoms with van der Waals surface area (Å²) in [5, 5.41) is 6.34. The zero-order valence-corrected chi connectivity index (χ0v) is 16.8. The number of fused-ring (bicyclic) bond motifs is 1. The van der Waals surface area contributed by atoms with Crippen LogP contribution < -0.4 is 21.5 Å². The molecule has 2 heterocycles. The van der Waals surface area contributed by atoms with Crippen LogP contribution in [0.1, 0.15) is 29.3 Å². The molecule has 0 spiro atoms. The average Bonchev–Trinajstić information content (AvgIpc) is 3.16. The van der Waals surface area contributed by atoms with Gasteiger partial charge in [-0.15, -0.1) is 0 Å². The second-order valence-electron chi connectivity index (χ2n) is 7.34. The summed E-state index contributed by atoms with van der Waals surface area (Å²) < 4.78 is 37.0. The molecule has 0 aliphatic rings. The molecule has 10 heteroatoms. The zero-order chi connectivity index (χ0) is 23.0. The zero-order valence-electron chi connectivity index (χ0n) is 16.8. The molecule has 3 N–H and O–H groups in total. The molecule has 0 aliphatic heterocycles. The number of H-pyrrole nitrogens is 1. The number of ketones is 1. The molecule has 2 aromatic heterocycles. The smallest absolute Gasteiger partial charge is 0.359 e. The van der Waals surface area contributed by atoms with E-state index in [1.807, 2.05) is 0 Å². The van der Waals surface area contributed by atoms with E-state index in [-0.39, 0.29) is 29.4 Å². The fourth-order valence-electron chi connectivity index (χ4n) is 3.27. The van der Waals surface area contributed by atoms with Crippen LogP contribution in [0.25, 0.3) is 10.9 Å². The van der Waals surface area contributed by atoms with Crippen LogP contribution in [0.3, 0.4) is 0 Å². The molecule has 0 amide bonds. The third-order valence-electron chi connectivity index (χ3n) is 5.03. The highest BCUT2D eigenvalue weighted by Crippen LogP contribution is 2.30. The van der Waals surface area contributed by atoms with E-state index in [2.05, 4.69) is 20.6 Å². The Morgan fingerprint density at radius 3 is 2.41 bits per heavy atom. The standard InChI is InChI=1S/C22H17F3N4O3/c1-11(30)13-3-4-15-14(8-13)16(10-26-15)28-18-19(21(32)20(18)31)29-17-5-2-12(9-27-17)6-7-22(23,24)25/h2-5,8-10,26,28H,6-7H2,1H3,(H,27,29). The molecule has 0 fully saturated rings. The Hall–Kier alpha value is -3.95. The second-order valence-corrected chi connectivity index (χ2v) is 7.34. The number of hydrogen-bond donors (Lipinski definition) is 3. The number of nitrogens with one attached hydrogen (secondary N) is 3. The maximum absolute atomic E-state index is 12.3. The first-order chi connectivity index (χ1) is 15.1. The van der Waals surface area contributed by atoms with Crippen molar-refractivity contribution in [3.05, 3.63) is 74.3 Å². The molecule has 0 unspecified atom stereocenters. The fourth-order valence-corrected chi connectivity index (χ4v) is 3.27. The van der Waals surface area contributed by atoms with E-state index < -0.39 is 23.5 Å². The number of aromatic nitrogens is 2. The van der Waals surface area contributed by atoms with Crippen molar-refractivity contribution in [3.63, 3.8) is 0 Å². The number of alkyl halides is 3. The Balaban J connectivity index is 1.54. The molecule has 4 rings (SSSR count). The van der Waals surface area contributed by atoms with Crippen molar-refractivity contribution in [1.82, 2.24) is 9.97 Å². The number of pyridine rings is 1. The third kappa shape index (κ3) is 4.25.